The zero-order chi connectivity index (χ0) is 11.3. The third-order valence-electron chi connectivity index (χ3n) is 2.38. The van der Waals surface area contributed by atoms with E-state index in [1.807, 2.05) is 13.0 Å². The number of benzene rings is 1. The van der Waals surface area contributed by atoms with Crippen molar-refractivity contribution in [2.45, 2.75) is 24.6 Å². The van der Waals surface area contributed by atoms with Crippen molar-refractivity contribution in [1.29, 1.82) is 0 Å². The van der Waals surface area contributed by atoms with E-state index in [4.69, 9.17) is 4.74 Å². The molecule has 0 aliphatic rings. The van der Waals surface area contributed by atoms with E-state index in [1.54, 1.807) is 13.2 Å². The predicted octanol–water partition coefficient (Wildman–Crippen LogP) is 3.48. The Labute approximate surface area is 98.8 Å². The van der Waals surface area contributed by atoms with Gasteiger partial charge in [0, 0.05) is 11.9 Å². The Morgan fingerprint density at radius 2 is 2.20 bits per heavy atom. The fourth-order valence-corrected chi connectivity index (χ4v) is 2.01. The van der Waals surface area contributed by atoms with Gasteiger partial charge in [-0.3, -0.25) is 0 Å². The summed E-state index contributed by atoms with van der Waals surface area (Å²) < 4.78 is 17.9. The Balaban J connectivity index is 2.50. The van der Waals surface area contributed by atoms with Crippen LogP contribution in [0.2, 0.25) is 0 Å². The van der Waals surface area contributed by atoms with Crippen LogP contribution in [-0.2, 0) is 11.2 Å². The summed E-state index contributed by atoms with van der Waals surface area (Å²) in [6.07, 6.45) is 1.95. The topological polar surface area (TPSA) is 9.23 Å². The van der Waals surface area contributed by atoms with Gasteiger partial charge < -0.3 is 4.74 Å². The molecule has 0 bridgehead atoms. The minimum absolute atomic E-state index is 0.163. The van der Waals surface area contributed by atoms with Gasteiger partial charge in [-0.2, -0.15) is 0 Å². The summed E-state index contributed by atoms with van der Waals surface area (Å²) in [5.41, 5.74) is 2.23. The van der Waals surface area contributed by atoms with E-state index >= 15 is 0 Å². The summed E-state index contributed by atoms with van der Waals surface area (Å²) in [4.78, 5) is 0.368. The van der Waals surface area contributed by atoms with E-state index in [-0.39, 0.29) is 5.82 Å². The molecule has 0 saturated heterocycles. The number of ether oxygens (including phenoxy) is 1. The lowest BCUT2D eigenvalue weighted by atomic mass is 10.0. The highest BCUT2D eigenvalue weighted by atomic mass is 79.9. The van der Waals surface area contributed by atoms with E-state index in [0.717, 1.165) is 18.4 Å². The van der Waals surface area contributed by atoms with Crippen LogP contribution in [0, 0.1) is 12.7 Å². The molecule has 0 aliphatic heterocycles. The first-order valence-corrected chi connectivity index (χ1v) is 5.93. The molecule has 15 heavy (non-hydrogen) atoms. The van der Waals surface area contributed by atoms with Crippen molar-refractivity contribution < 1.29 is 9.13 Å². The SMILES string of the molecule is COCC(Br)CCc1ccc(F)cc1C. The molecule has 84 valence electrons. The lowest BCUT2D eigenvalue weighted by Gasteiger charge is -2.10. The van der Waals surface area contributed by atoms with E-state index < -0.39 is 0 Å². The highest BCUT2D eigenvalue weighted by Crippen LogP contribution is 2.15. The molecule has 0 spiro atoms. The molecule has 0 aliphatic carbocycles. The summed E-state index contributed by atoms with van der Waals surface area (Å²) in [5.74, 6) is -0.163. The number of hydrogen-bond donors (Lipinski definition) is 0. The van der Waals surface area contributed by atoms with Crippen LogP contribution in [0.4, 0.5) is 4.39 Å². The fourth-order valence-electron chi connectivity index (χ4n) is 1.52. The van der Waals surface area contributed by atoms with Crippen molar-refractivity contribution in [3.63, 3.8) is 0 Å². The monoisotopic (exact) mass is 274 g/mol. The van der Waals surface area contributed by atoms with E-state index in [0.29, 0.717) is 11.4 Å². The van der Waals surface area contributed by atoms with Crippen LogP contribution in [0.5, 0.6) is 0 Å². The van der Waals surface area contributed by atoms with Crippen LogP contribution in [0.3, 0.4) is 0 Å². The third kappa shape index (κ3) is 4.31. The first kappa shape index (κ1) is 12.7. The van der Waals surface area contributed by atoms with Gasteiger partial charge in [0.2, 0.25) is 0 Å². The normalized spacial score (nSPS) is 12.8. The summed E-state index contributed by atoms with van der Waals surface area (Å²) >= 11 is 3.54. The van der Waals surface area contributed by atoms with Crippen LogP contribution in [0.25, 0.3) is 0 Å². The number of alkyl halides is 1. The van der Waals surface area contributed by atoms with Gasteiger partial charge in [-0.1, -0.05) is 22.0 Å². The van der Waals surface area contributed by atoms with Crippen LogP contribution in [-0.4, -0.2) is 18.5 Å². The van der Waals surface area contributed by atoms with Gasteiger partial charge in [-0.05, 0) is 43.0 Å². The summed E-state index contributed by atoms with van der Waals surface area (Å²) in [6, 6.07) is 4.95. The van der Waals surface area contributed by atoms with Crippen LogP contribution < -0.4 is 0 Å². The smallest absolute Gasteiger partial charge is 0.123 e. The molecule has 0 fully saturated rings. The van der Waals surface area contributed by atoms with Crippen molar-refractivity contribution >= 4 is 15.9 Å². The van der Waals surface area contributed by atoms with E-state index in [2.05, 4.69) is 15.9 Å². The number of halogens is 2. The van der Waals surface area contributed by atoms with Gasteiger partial charge in [0.15, 0.2) is 0 Å². The third-order valence-corrected chi connectivity index (χ3v) is 3.10. The second-order valence-electron chi connectivity index (χ2n) is 3.66. The molecule has 1 atom stereocenters. The van der Waals surface area contributed by atoms with Crippen LogP contribution in [0.15, 0.2) is 18.2 Å². The molecule has 0 saturated carbocycles. The molecule has 1 rings (SSSR count). The molecule has 1 aromatic carbocycles. The van der Waals surface area contributed by atoms with Gasteiger partial charge in [0.25, 0.3) is 0 Å². The Kier molecular flexibility index (Phi) is 5.26. The van der Waals surface area contributed by atoms with Crippen molar-refractivity contribution in [3.8, 4) is 0 Å². The number of methoxy groups -OCH3 is 1. The second kappa shape index (κ2) is 6.23. The maximum atomic E-state index is 12.8. The zero-order valence-electron chi connectivity index (χ0n) is 9.09. The van der Waals surface area contributed by atoms with Gasteiger partial charge in [-0.15, -0.1) is 0 Å². The lowest BCUT2D eigenvalue weighted by molar-refractivity contribution is 0.198. The van der Waals surface area contributed by atoms with Crippen molar-refractivity contribution in [2.75, 3.05) is 13.7 Å². The van der Waals surface area contributed by atoms with Crippen LogP contribution in [0.1, 0.15) is 17.5 Å². The standard InChI is InChI=1S/C12H16BrFO/c1-9-7-12(14)6-4-10(9)3-5-11(13)8-15-2/h4,6-7,11H,3,5,8H2,1-2H3. The number of hydrogen-bond acceptors (Lipinski definition) is 1. The molecule has 0 aromatic heterocycles. The molecule has 0 heterocycles. The Bertz CT molecular complexity index is 314. The first-order chi connectivity index (χ1) is 7.13. The molecule has 0 N–H and O–H groups in total. The summed E-state index contributed by atoms with van der Waals surface area (Å²) in [6.45, 7) is 2.65. The molecule has 0 amide bonds. The van der Waals surface area contributed by atoms with Gasteiger partial charge in [0.1, 0.15) is 5.82 Å². The first-order valence-electron chi connectivity index (χ1n) is 5.01. The highest BCUT2D eigenvalue weighted by molar-refractivity contribution is 9.09. The summed E-state index contributed by atoms with van der Waals surface area (Å²) in [7, 11) is 1.69. The van der Waals surface area contributed by atoms with Gasteiger partial charge in [0.05, 0.1) is 6.61 Å². The minimum Gasteiger partial charge on any atom is -0.384 e. The summed E-state index contributed by atoms with van der Waals surface area (Å²) in [5, 5.41) is 0. The van der Waals surface area contributed by atoms with Gasteiger partial charge in [-0.25, -0.2) is 4.39 Å². The molecular formula is C12H16BrFO. The average Bonchev–Trinajstić information content (AvgIpc) is 2.17. The molecular weight excluding hydrogens is 259 g/mol. The Morgan fingerprint density at radius 3 is 2.80 bits per heavy atom. The Morgan fingerprint density at radius 1 is 1.47 bits per heavy atom. The zero-order valence-corrected chi connectivity index (χ0v) is 10.7. The molecule has 1 nitrogen and oxygen atoms in total. The quantitative estimate of drug-likeness (QED) is 0.747. The van der Waals surface area contributed by atoms with Gasteiger partial charge >= 0.3 is 0 Å². The maximum Gasteiger partial charge on any atom is 0.123 e. The predicted molar refractivity (Wildman–Crippen MR) is 64.0 cm³/mol. The Hall–Kier alpha value is -0.410. The second-order valence-corrected chi connectivity index (χ2v) is 4.96. The van der Waals surface area contributed by atoms with Crippen molar-refractivity contribution in [1.82, 2.24) is 0 Å². The molecule has 1 unspecified atom stereocenters. The molecule has 0 radical (unpaired) electrons. The fraction of sp³-hybridized carbons (Fsp3) is 0.500. The number of aryl methyl sites for hydroxylation is 2. The maximum absolute atomic E-state index is 12.8. The average molecular weight is 275 g/mol. The molecule has 1 aromatic rings. The lowest BCUT2D eigenvalue weighted by Crippen LogP contribution is -2.08. The van der Waals surface area contributed by atoms with E-state index in [9.17, 15) is 4.39 Å². The minimum atomic E-state index is -0.163. The van der Waals surface area contributed by atoms with Crippen LogP contribution >= 0.6 is 15.9 Å². The molecule has 3 heteroatoms. The largest absolute Gasteiger partial charge is 0.384 e. The van der Waals surface area contributed by atoms with Crippen molar-refractivity contribution in [2.24, 2.45) is 0 Å². The van der Waals surface area contributed by atoms with E-state index in [1.165, 1.54) is 11.6 Å². The highest BCUT2D eigenvalue weighted by Gasteiger charge is 2.05. The van der Waals surface area contributed by atoms with Crippen molar-refractivity contribution in [3.05, 3.63) is 35.1 Å². The number of rotatable bonds is 5.